The average Bonchev–Trinajstić information content (AvgIpc) is 3.20. The summed E-state index contributed by atoms with van der Waals surface area (Å²) in [6, 6.07) is 5.50. The number of fused-ring (bicyclic) bond motifs is 5. The normalized spacial score (nSPS) is 24.3. The zero-order valence-corrected chi connectivity index (χ0v) is 13.7. The molecule has 0 spiro atoms. The molecule has 0 saturated carbocycles. The number of rotatable bonds is 1. The van der Waals surface area contributed by atoms with E-state index in [-0.39, 0.29) is 8.22 Å². The van der Waals surface area contributed by atoms with Crippen molar-refractivity contribution in [3.05, 3.63) is 23.1 Å². The van der Waals surface area contributed by atoms with Crippen molar-refractivity contribution in [1.29, 1.82) is 0 Å². The number of carbonyl (C=O) groups is 1. The minimum Gasteiger partial charge on any atom is -0.454 e. The van der Waals surface area contributed by atoms with Crippen LogP contribution >= 0.6 is 11.3 Å². The van der Waals surface area contributed by atoms with Crippen LogP contribution < -0.4 is 15.2 Å². The second-order valence-electron chi connectivity index (χ2n) is 6.29. The summed E-state index contributed by atoms with van der Waals surface area (Å²) < 4.78 is 11.5. The molecule has 5 nitrogen and oxygen atoms in total. The number of amides is 1. The number of piperidine rings is 3. The molecule has 1 amide bonds. The molecule has 5 heterocycles. The highest BCUT2D eigenvalue weighted by molar-refractivity contribution is 7.20. The van der Waals surface area contributed by atoms with E-state index in [0.717, 1.165) is 27.5 Å². The van der Waals surface area contributed by atoms with E-state index in [1.807, 2.05) is 12.1 Å². The quantitative estimate of drug-likeness (QED) is 0.870. The van der Waals surface area contributed by atoms with Gasteiger partial charge in [0.1, 0.15) is 0 Å². The molecule has 6 rings (SSSR count). The van der Waals surface area contributed by atoms with E-state index in [1.165, 1.54) is 50.2 Å². The summed E-state index contributed by atoms with van der Waals surface area (Å²) >= 11 is 1.36. The molecule has 3 saturated heterocycles. The van der Waals surface area contributed by atoms with Crippen molar-refractivity contribution < 1.29 is 15.7 Å². The van der Waals surface area contributed by atoms with Crippen molar-refractivity contribution in [3.63, 3.8) is 0 Å². The van der Waals surface area contributed by atoms with Crippen LogP contribution in [0.3, 0.4) is 0 Å². The Kier molecular flexibility index (Phi) is 3.87. The number of nitrogens with zero attached hydrogens (tertiary/aromatic N) is 1. The van der Waals surface area contributed by atoms with Crippen LogP contribution in [0, 0.1) is 5.92 Å². The molecule has 1 aromatic heterocycles. The number of hydrogen-bond acceptors (Lipinski definition) is 5. The fraction of sp³-hybridized carbons (Fsp3) is 0.471. The van der Waals surface area contributed by atoms with Crippen LogP contribution in [0.2, 0.25) is 0 Å². The molecule has 0 unspecified atom stereocenters. The van der Waals surface area contributed by atoms with Gasteiger partial charge in [-0.3, -0.25) is 4.79 Å². The van der Waals surface area contributed by atoms with Gasteiger partial charge in [0.25, 0.3) is 5.91 Å². The first kappa shape index (κ1) is 14.8. The summed E-state index contributed by atoms with van der Waals surface area (Å²) in [5.41, 5.74) is 5.21. The molecule has 23 heavy (non-hydrogen) atoms. The minimum absolute atomic E-state index is 0. The van der Waals surface area contributed by atoms with Crippen LogP contribution in [-0.2, 0) is 0 Å². The van der Waals surface area contributed by atoms with Crippen LogP contribution in [0.1, 0.15) is 30.4 Å². The van der Waals surface area contributed by atoms with E-state index >= 15 is 0 Å². The molecule has 4 aliphatic heterocycles. The number of hydrogen-bond donors (Lipinski definition) is 1. The summed E-state index contributed by atoms with van der Waals surface area (Å²) in [5, 5.41) is 0.957. The molecule has 2 N–H and O–H groups in total. The molecule has 6 heteroatoms. The monoisotopic (exact) mass is 334 g/mol. The van der Waals surface area contributed by atoms with Crippen LogP contribution in [0.25, 0.3) is 10.1 Å². The van der Waals surface area contributed by atoms with Gasteiger partial charge in [0.05, 0.1) is 4.88 Å². The maximum atomic E-state index is 11.0. The first-order valence-electron chi connectivity index (χ1n) is 8.04. The lowest BCUT2D eigenvalue weighted by Gasteiger charge is -2.38. The van der Waals surface area contributed by atoms with Crippen LogP contribution in [0.5, 0.6) is 11.5 Å². The van der Waals surface area contributed by atoms with Gasteiger partial charge in [0.15, 0.2) is 11.5 Å². The molecule has 1 aromatic carbocycles. The summed E-state index contributed by atoms with van der Waals surface area (Å²) in [6.07, 6.45) is 4.46. The third kappa shape index (κ3) is 3.01. The SMILES string of the molecule is C1CN2CCC1CC2.NC(=O)c1cc2cc3c(cc2s1)OCO3.[HH]. The maximum absolute atomic E-state index is 11.0. The molecule has 0 aliphatic carbocycles. The standard InChI is InChI=1S/C10H7NO3S.C7H13N.H2/c11-10(12)9-2-5-1-6-7(14-4-13-6)3-8(5)15-9;1-4-8-5-2-7(1)3-6-8;/h1-3H,4H2,(H2,11,12);7H,1-6H2;1H. The van der Waals surface area contributed by atoms with Crippen molar-refractivity contribution in [1.82, 2.24) is 4.90 Å². The van der Waals surface area contributed by atoms with Gasteiger partial charge >= 0.3 is 0 Å². The number of carbonyl (C=O) groups excluding carboxylic acids is 1. The largest absolute Gasteiger partial charge is 0.454 e. The second-order valence-corrected chi connectivity index (χ2v) is 7.38. The number of benzene rings is 1. The van der Waals surface area contributed by atoms with E-state index in [1.54, 1.807) is 6.07 Å². The predicted octanol–water partition coefficient (Wildman–Crippen LogP) is 3.08. The van der Waals surface area contributed by atoms with Crippen LogP contribution in [0.4, 0.5) is 0 Å². The van der Waals surface area contributed by atoms with Crippen molar-refractivity contribution in [2.45, 2.75) is 19.3 Å². The van der Waals surface area contributed by atoms with Gasteiger partial charge in [-0.2, -0.15) is 0 Å². The van der Waals surface area contributed by atoms with Crippen molar-refractivity contribution in [3.8, 4) is 11.5 Å². The topological polar surface area (TPSA) is 64.8 Å². The Balaban J connectivity index is 0.000000159. The van der Waals surface area contributed by atoms with E-state index in [9.17, 15) is 4.79 Å². The first-order chi connectivity index (χ1) is 11.2. The molecule has 3 fully saturated rings. The Hall–Kier alpha value is -1.79. The summed E-state index contributed by atoms with van der Waals surface area (Å²) in [5.74, 6) is 2.15. The van der Waals surface area contributed by atoms with Gasteiger partial charge in [0, 0.05) is 12.2 Å². The number of thiophene rings is 1. The molecule has 0 atom stereocenters. The Morgan fingerprint density at radius 1 is 1.13 bits per heavy atom. The number of primary amides is 1. The molecular weight excluding hydrogens is 312 g/mol. The maximum Gasteiger partial charge on any atom is 0.258 e. The van der Waals surface area contributed by atoms with Crippen molar-refractivity contribution in [2.24, 2.45) is 11.7 Å². The molecule has 0 radical (unpaired) electrons. The molecule has 2 bridgehead atoms. The van der Waals surface area contributed by atoms with Gasteiger partial charge in [-0.15, -0.1) is 11.3 Å². The van der Waals surface area contributed by atoms with E-state index in [4.69, 9.17) is 15.2 Å². The highest BCUT2D eigenvalue weighted by atomic mass is 32.1. The molecule has 124 valence electrons. The van der Waals surface area contributed by atoms with Gasteiger partial charge in [0.2, 0.25) is 6.79 Å². The van der Waals surface area contributed by atoms with Crippen LogP contribution in [0.15, 0.2) is 18.2 Å². The van der Waals surface area contributed by atoms with E-state index < -0.39 is 5.91 Å². The lowest BCUT2D eigenvalue weighted by Crippen LogP contribution is -2.41. The fourth-order valence-electron chi connectivity index (χ4n) is 3.41. The zero-order valence-electron chi connectivity index (χ0n) is 12.9. The fourth-order valence-corrected chi connectivity index (χ4v) is 4.34. The van der Waals surface area contributed by atoms with Gasteiger partial charge in [-0.05, 0) is 62.3 Å². The van der Waals surface area contributed by atoms with Crippen LogP contribution in [-0.4, -0.2) is 37.2 Å². The molecule has 4 aliphatic rings. The predicted molar refractivity (Wildman–Crippen MR) is 92.4 cm³/mol. The lowest BCUT2D eigenvalue weighted by atomic mass is 9.89. The smallest absolute Gasteiger partial charge is 0.258 e. The second kappa shape index (κ2) is 6.02. The van der Waals surface area contributed by atoms with E-state index in [2.05, 4.69) is 4.90 Å². The average molecular weight is 334 g/mol. The number of ether oxygens (including phenoxy) is 2. The Labute approximate surface area is 140 Å². The first-order valence-corrected chi connectivity index (χ1v) is 8.86. The third-order valence-electron chi connectivity index (χ3n) is 4.82. The Bertz CT molecular complexity index is 677. The van der Waals surface area contributed by atoms with E-state index in [0.29, 0.717) is 4.88 Å². The molecular formula is C17H22N2O3S. The van der Waals surface area contributed by atoms with Crippen molar-refractivity contribution >= 4 is 27.3 Å². The summed E-state index contributed by atoms with van der Waals surface area (Å²) in [7, 11) is 0. The zero-order chi connectivity index (χ0) is 15.8. The van der Waals surface area contributed by atoms with Gasteiger partial charge in [-0.25, -0.2) is 0 Å². The molecule has 2 aromatic rings. The van der Waals surface area contributed by atoms with Gasteiger partial charge in [-0.1, -0.05) is 0 Å². The summed E-state index contributed by atoms with van der Waals surface area (Å²) in [6.45, 7) is 4.44. The Morgan fingerprint density at radius 2 is 1.78 bits per heavy atom. The number of nitrogens with two attached hydrogens (primary N) is 1. The lowest BCUT2D eigenvalue weighted by molar-refractivity contribution is 0.100. The minimum atomic E-state index is -0.404. The third-order valence-corrected chi connectivity index (χ3v) is 5.93. The highest BCUT2D eigenvalue weighted by Crippen LogP contribution is 2.39. The van der Waals surface area contributed by atoms with Crippen molar-refractivity contribution in [2.75, 3.05) is 26.4 Å². The Morgan fingerprint density at radius 3 is 2.30 bits per heavy atom. The van der Waals surface area contributed by atoms with Gasteiger partial charge < -0.3 is 20.1 Å². The highest BCUT2D eigenvalue weighted by Gasteiger charge is 2.24. The summed E-state index contributed by atoms with van der Waals surface area (Å²) in [4.78, 5) is 14.1.